The van der Waals surface area contributed by atoms with E-state index in [2.05, 4.69) is 4.98 Å². The number of H-pyrrole nitrogens is 1. The van der Waals surface area contributed by atoms with Gasteiger partial charge in [-0.1, -0.05) is 29.3 Å². The molecule has 1 aromatic heterocycles. The van der Waals surface area contributed by atoms with E-state index >= 15 is 0 Å². The van der Waals surface area contributed by atoms with Crippen LogP contribution in [0.5, 0.6) is 0 Å². The summed E-state index contributed by atoms with van der Waals surface area (Å²) in [6, 6.07) is 15.2. The number of aromatic amines is 1. The second kappa shape index (κ2) is 8.81. The van der Waals surface area contributed by atoms with Crippen molar-refractivity contribution in [3.63, 3.8) is 0 Å². The summed E-state index contributed by atoms with van der Waals surface area (Å²) in [5.74, 6) is -0.128. The molecule has 30 heavy (non-hydrogen) atoms. The number of carbonyl (C=O) groups is 1. The molecule has 1 atom stereocenters. The summed E-state index contributed by atoms with van der Waals surface area (Å²) in [5.41, 5.74) is 3.87. The first-order chi connectivity index (χ1) is 14.5. The van der Waals surface area contributed by atoms with Gasteiger partial charge in [0.15, 0.2) is 0 Å². The van der Waals surface area contributed by atoms with E-state index in [1.54, 1.807) is 11.0 Å². The maximum atomic E-state index is 13.3. The molecule has 1 N–H and O–H groups in total. The summed E-state index contributed by atoms with van der Waals surface area (Å²) in [5, 5.41) is 0.949. The molecule has 1 saturated heterocycles. The number of fused-ring (bicyclic) bond motifs is 1. The molecule has 0 saturated carbocycles. The van der Waals surface area contributed by atoms with Crippen LogP contribution in [-0.4, -0.2) is 48.3 Å². The molecule has 1 aliphatic rings. The lowest BCUT2D eigenvalue weighted by Gasteiger charge is -2.30. The van der Waals surface area contributed by atoms with Gasteiger partial charge in [0.05, 0.1) is 32.5 Å². The standard InChI is InChI=1S/C24H26N2O4/c1-16-4-3-5-18(10-16)24(28)26(14-21-15-29-8-9-30-21)13-20-12-19-11-17(2)6-7-22(19)25-23(20)27/h3-7,10-12,21H,8-9,13-15H2,1-2H3,(H,25,27)/t21-/m0/s1. The van der Waals surface area contributed by atoms with Gasteiger partial charge in [0.1, 0.15) is 0 Å². The molecule has 0 radical (unpaired) electrons. The van der Waals surface area contributed by atoms with Crippen molar-refractivity contribution in [2.75, 3.05) is 26.4 Å². The number of aromatic nitrogens is 1. The van der Waals surface area contributed by atoms with Crippen LogP contribution in [0.2, 0.25) is 0 Å². The molecule has 0 spiro atoms. The minimum atomic E-state index is -0.214. The first-order valence-corrected chi connectivity index (χ1v) is 10.2. The van der Waals surface area contributed by atoms with Crippen molar-refractivity contribution in [2.45, 2.75) is 26.5 Å². The van der Waals surface area contributed by atoms with Crippen LogP contribution in [-0.2, 0) is 16.0 Å². The molecule has 3 aromatic rings. The zero-order chi connectivity index (χ0) is 21.1. The van der Waals surface area contributed by atoms with Crippen molar-refractivity contribution in [1.82, 2.24) is 9.88 Å². The number of nitrogens with zero attached hydrogens (tertiary/aromatic N) is 1. The molecular weight excluding hydrogens is 380 g/mol. The van der Waals surface area contributed by atoms with Crippen molar-refractivity contribution in [1.29, 1.82) is 0 Å². The van der Waals surface area contributed by atoms with Crippen LogP contribution < -0.4 is 5.56 Å². The van der Waals surface area contributed by atoms with Gasteiger partial charge in [0, 0.05) is 23.2 Å². The third kappa shape index (κ3) is 4.61. The van der Waals surface area contributed by atoms with E-state index in [0.717, 1.165) is 22.0 Å². The van der Waals surface area contributed by atoms with Crippen molar-refractivity contribution in [3.8, 4) is 0 Å². The van der Waals surface area contributed by atoms with Crippen LogP contribution in [0.25, 0.3) is 10.9 Å². The summed E-state index contributed by atoms with van der Waals surface area (Å²) in [7, 11) is 0. The van der Waals surface area contributed by atoms with Crippen molar-refractivity contribution < 1.29 is 14.3 Å². The Morgan fingerprint density at radius 3 is 2.70 bits per heavy atom. The lowest BCUT2D eigenvalue weighted by molar-refractivity contribution is -0.0953. The van der Waals surface area contributed by atoms with Crippen LogP contribution in [0.4, 0.5) is 0 Å². The normalized spacial score (nSPS) is 16.5. The van der Waals surface area contributed by atoms with Crippen molar-refractivity contribution >= 4 is 16.8 Å². The lowest BCUT2D eigenvalue weighted by atomic mass is 10.1. The van der Waals surface area contributed by atoms with Gasteiger partial charge in [0.25, 0.3) is 11.5 Å². The summed E-state index contributed by atoms with van der Waals surface area (Å²) in [4.78, 5) is 30.6. The SMILES string of the molecule is Cc1cccc(C(=O)N(Cc2cc3cc(C)ccc3[nH]c2=O)C[C@H]2COCCO2)c1. The molecule has 156 valence electrons. The van der Waals surface area contributed by atoms with E-state index in [-0.39, 0.29) is 24.1 Å². The summed E-state index contributed by atoms with van der Waals surface area (Å²) >= 11 is 0. The quantitative estimate of drug-likeness (QED) is 0.706. The number of amides is 1. The van der Waals surface area contributed by atoms with Gasteiger partial charge in [-0.3, -0.25) is 9.59 Å². The van der Waals surface area contributed by atoms with E-state index in [4.69, 9.17) is 9.47 Å². The molecular formula is C24H26N2O4. The Hall–Kier alpha value is -2.96. The highest BCUT2D eigenvalue weighted by Gasteiger charge is 2.24. The molecule has 6 nitrogen and oxygen atoms in total. The van der Waals surface area contributed by atoms with Crippen LogP contribution in [0.1, 0.15) is 27.0 Å². The smallest absolute Gasteiger partial charge is 0.254 e. The highest BCUT2D eigenvalue weighted by Crippen LogP contribution is 2.17. The third-order valence-corrected chi connectivity index (χ3v) is 5.30. The van der Waals surface area contributed by atoms with E-state index in [9.17, 15) is 9.59 Å². The average Bonchev–Trinajstić information content (AvgIpc) is 2.74. The first-order valence-electron chi connectivity index (χ1n) is 10.2. The molecule has 0 bridgehead atoms. The summed E-state index contributed by atoms with van der Waals surface area (Å²) < 4.78 is 11.3. The summed E-state index contributed by atoms with van der Waals surface area (Å²) in [6.07, 6.45) is -0.214. The fourth-order valence-corrected chi connectivity index (χ4v) is 3.76. The van der Waals surface area contributed by atoms with E-state index in [0.29, 0.717) is 37.5 Å². The predicted octanol–water partition coefficient (Wildman–Crippen LogP) is 3.20. The minimum absolute atomic E-state index is 0.128. The Balaban J connectivity index is 1.66. The molecule has 1 fully saturated rings. The highest BCUT2D eigenvalue weighted by molar-refractivity contribution is 5.94. The highest BCUT2D eigenvalue weighted by atomic mass is 16.6. The van der Waals surface area contributed by atoms with Gasteiger partial charge in [-0.15, -0.1) is 0 Å². The zero-order valence-corrected chi connectivity index (χ0v) is 17.3. The minimum Gasteiger partial charge on any atom is -0.376 e. The van der Waals surface area contributed by atoms with Crippen LogP contribution in [0.3, 0.4) is 0 Å². The predicted molar refractivity (Wildman–Crippen MR) is 116 cm³/mol. The Kier molecular flexibility index (Phi) is 5.97. The maximum absolute atomic E-state index is 13.3. The van der Waals surface area contributed by atoms with Gasteiger partial charge in [0.2, 0.25) is 0 Å². The van der Waals surface area contributed by atoms with E-state index < -0.39 is 0 Å². The molecule has 0 aliphatic carbocycles. The lowest BCUT2D eigenvalue weighted by Crippen LogP contribution is -2.43. The van der Waals surface area contributed by atoms with Gasteiger partial charge in [-0.25, -0.2) is 0 Å². The number of hydrogen-bond acceptors (Lipinski definition) is 4. The second-order valence-electron chi connectivity index (χ2n) is 7.84. The second-order valence-corrected chi connectivity index (χ2v) is 7.84. The van der Waals surface area contributed by atoms with Crippen LogP contribution >= 0.6 is 0 Å². The first kappa shape index (κ1) is 20.3. The Bertz CT molecular complexity index is 1120. The van der Waals surface area contributed by atoms with Gasteiger partial charge < -0.3 is 19.4 Å². The molecule has 4 rings (SSSR count). The fourth-order valence-electron chi connectivity index (χ4n) is 3.76. The molecule has 0 unspecified atom stereocenters. The number of ether oxygens (including phenoxy) is 2. The number of rotatable bonds is 5. The Morgan fingerprint density at radius 2 is 1.93 bits per heavy atom. The summed E-state index contributed by atoms with van der Waals surface area (Å²) in [6.45, 7) is 6.03. The molecule has 1 aliphatic heterocycles. The number of pyridine rings is 1. The van der Waals surface area contributed by atoms with Crippen molar-refractivity contribution in [2.24, 2.45) is 0 Å². The van der Waals surface area contributed by atoms with Crippen LogP contribution in [0.15, 0.2) is 53.3 Å². The number of hydrogen-bond donors (Lipinski definition) is 1. The Morgan fingerprint density at radius 1 is 1.10 bits per heavy atom. The largest absolute Gasteiger partial charge is 0.376 e. The van der Waals surface area contributed by atoms with Crippen molar-refractivity contribution in [3.05, 3.63) is 81.1 Å². The topological polar surface area (TPSA) is 71.6 Å². The van der Waals surface area contributed by atoms with Gasteiger partial charge >= 0.3 is 0 Å². The molecule has 6 heteroatoms. The average molecular weight is 406 g/mol. The third-order valence-electron chi connectivity index (χ3n) is 5.30. The number of benzene rings is 2. The number of carbonyl (C=O) groups excluding carboxylic acids is 1. The zero-order valence-electron chi connectivity index (χ0n) is 17.3. The van der Waals surface area contributed by atoms with E-state index in [1.807, 2.05) is 56.3 Å². The molecule has 2 heterocycles. The van der Waals surface area contributed by atoms with E-state index in [1.165, 1.54) is 0 Å². The van der Waals surface area contributed by atoms with Gasteiger partial charge in [-0.05, 0) is 49.6 Å². The van der Waals surface area contributed by atoms with Gasteiger partial charge in [-0.2, -0.15) is 0 Å². The monoisotopic (exact) mass is 406 g/mol. The number of nitrogens with one attached hydrogen (secondary N) is 1. The number of aryl methyl sites for hydroxylation is 2. The molecule has 2 aromatic carbocycles. The molecule has 1 amide bonds. The van der Waals surface area contributed by atoms with Crippen LogP contribution in [0, 0.1) is 13.8 Å². The fraction of sp³-hybridized carbons (Fsp3) is 0.333. The maximum Gasteiger partial charge on any atom is 0.254 e. The Labute approximate surface area is 175 Å².